The molecular weight excluding hydrogens is 262 g/mol. The second kappa shape index (κ2) is 4.13. The number of benzene rings is 1. The molecule has 1 aliphatic rings. The van der Waals surface area contributed by atoms with Gasteiger partial charge in [-0.2, -0.15) is 0 Å². The topological polar surface area (TPSA) is 55.4 Å². The van der Waals surface area contributed by atoms with Crippen LogP contribution in [0.3, 0.4) is 0 Å². The van der Waals surface area contributed by atoms with Crippen LogP contribution in [0.1, 0.15) is 5.56 Å². The van der Waals surface area contributed by atoms with Crippen LogP contribution in [-0.2, 0) is 11.2 Å². The molecule has 0 spiro atoms. The van der Waals surface area contributed by atoms with Crippen molar-refractivity contribution in [3.8, 4) is 0 Å². The maximum atomic E-state index is 12.6. The van der Waals surface area contributed by atoms with Crippen molar-refractivity contribution in [2.75, 3.05) is 0 Å². The van der Waals surface area contributed by atoms with Crippen LogP contribution < -0.4 is 5.73 Å². The first-order valence-corrected chi connectivity index (χ1v) is 6.29. The molecule has 5 heteroatoms. The molecule has 78 valence electrons. The predicted molar refractivity (Wildman–Crippen MR) is 56.2 cm³/mol. The van der Waals surface area contributed by atoms with Gasteiger partial charge in [0.2, 0.25) is 0 Å². The van der Waals surface area contributed by atoms with E-state index in [1.807, 2.05) is 0 Å². The summed E-state index contributed by atoms with van der Waals surface area (Å²) in [6.45, 7) is 0. The van der Waals surface area contributed by atoms with E-state index in [1.165, 1.54) is 12.1 Å². The Bertz CT molecular complexity index is 416. The molecule has 1 aromatic rings. The van der Waals surface area contributed by atoms with E-state index in [9.17, 15) is 9.18 Å². The molecule has 0 saturated heterocycles. The number of hydrogen-bond acceptors (Lipinski definition) is 2. The maximum absolute atomic E-state index is 12.6. The molecule has 0 fully saturated rings. The van der Waals surface area contributed by atoms with Gasteiger partial charge in [0, 0.05) is 0 Å². The van der Waals surface area contributed by atoms with E-state index in [0.717, 1.165) is 5.56 Å². The summed E-state index contributed by atoms with van der Waals surface area (Å²) in [5, 5.41) is 0. The number of nitrogens with two attached hydrogens (primary N) is 1. The minimum atomic E-state index is -0.266. The van der Waals surface area contributed by atoms with Crippen molar-refractivity contribution in [3.63, 3.8) is 0 Å². The van der Waals surface area contributed by atoms with Crippen LogP contribution in [0.5, 0.6) is 0 Å². The van der Waals surface area contributed by atoms with Gasteiger partial charge in [-0.3, -0.25) is 0 Å². The molecule has 1 amide bonds. The number of nitrogens with zero attached hydrogens (tertiary/aromatic N) is 1. The minimum absolute atomic E-state index is 0.0501. The molecule has 2 N–H and O–H groups in total. The molecule has 1 aliphatic heterocycles. The molecular formula is C10H9FN2OSe. The van der Waals surface area contributed by atoms with Crippen LogP contribution in [-0.4, -0.2) is 25.6 Å². The summed E-state index contributed by atoms with van der Waals surface area (Å²) in [6.07, 6.45) is 0.601. The van der Waals surface area contributed by atoms with E-state index < -0.39 is 0 Å². The summed E-state index contributed by atoms with van der Waals surface area (Å²) in [5.74, 6) is -0.408. The molecule has 3 nitrogen and oxygen atoms in total. The summed E-state index contributed by atoms with van der Waals surface area (Å²) < 4.78 is 13.1. The van der Waals surface area contributed by atoms with E-state index in [4.69, 9.17) is 5.73 Å². The van der Waals surface area contributed by atoms with Crippen LogP contribution in [0.25, 0.3) is 0 Å². The zero-order chi connectivity index (χ0) is 10.8. The van der Waals surface area contributed by atoms with Crippen molar-refractivity contribution in [2.24, 2.45) is 10.7 Å². The van der Waals surface area contributed by atoms with E-state index in [1.54, 1.807) is 12.1 Å². The zero-order valence-corrected chi connectivity index (χ0v) is 9.53. The Balaban J connectivity index is 2.04. The van der Waals surface area contributed by atoms with Gasteiger partial charge in [0.25, 0.3) is 0 Å². The molecule has 1 aromatic carbocycles. The number of carbonyl (C=O) groups is 1. The normalized spacial score (nSPS) is 20.5. The molecule has 0 aromatic heterocycles. The molecule has 1 unspecified atom stereocenters. The Labute approximate surface area is 92.7 Å². The summed E-state index contributed by atoms with van der Waals surface area (Å²) in [7, 11) is 0. The van der Waals surface area contributed by atoms with Crippen molar-refractivity contribution in [1.29, 1.82) is 0 Å². The van der Waals surface area contributed by atoms with Gasteiger partial charge in [-0.05, 0) is 0 Å². The van der Waals surface area contributed by atoms with Gasteiger partial charge in [-0.25, -0.2) is 0 Å². The number of halogens is 1. The Morgan fingerprint density at radius 3 is 2.60 bits per heavy atom. The van der Waals surface area contributed by atoms with Crippen LogP contribution in [0.15, 0.2) is 29.3 Å². The fourth-order valence-corrected chi connectivity index (χ4v) is 3.18. The number of carbonyl (C=O) groups excluding carboxylic acids is 1. The Kier molecular flexibility index (Phi) is 2.84. The fraction of sp³-hybridized carbons (Fsp3) is 0.200. The quantitative estimate of drug-likeness (QED) is 0.806. The van der Waals surface area contributed by atoms with Crippen molar-refractivity contribution >= 4 is 25.6 Å². The van der Waals surface area contributed by atoms with Gasteiger partial charge >= 0.3 is 92.4 Å². The molecule has 0 saturated carbocycles. The fourth-order valence-electron chi connectivity index (χ4n) is 1.37. The van der Waals surface area contributed by atoms with Gasteiger partial charge in [-0.1, -0.05) is 0 Å². The Morgan fingerprint density at radius 2 is 2.07 bits per heavy atom. The summed E-state index contributed by atoms with van der Waals surface area (Å²) in [5.41, 5.74) is 6.44. The van der Waals surface area contributed by atoms with Crippen LogP contribution in [0, 0.1) is 5.82 Å². The average Bonchev–Trinajstić information content (AvgIpc) is 2.49. The first-order chi connectivity index (χ1) is 7.15. The number of amidine groups is 1. The van der Waals surface area contributed by atoms with Gasteiger partial charge in [0.1, 0.15) is 0 Å². The third-order valence-electron chi connectivity index (χ3n) is 2.09. The third kappa shape index (κ3) is 2.43. The molecule has 0 aliphatic carbocycles. The van der Waals surface area contributed by atoms with Gasteiger partial charge in [0.05, 0.1) is 0 Å². The molecule has 1 heterocycles. The van der Waals surface area contributed by atoms with Crippen molar-refractivity contribution < 1.29 is 9.18 Å². The van der Waals surface area contributed by atoms with Gasteiger partial charge < -0.3 is 0 Å². The standard InChI is InChI=1S/C10H9FN2OSe/c11-7-3-1-6(2-4-7)5-8-9(14)13-10(12)15-8/h1-4,8H,5H2,(H2,12,13,14). The average molecular weight is 271 g/mol. The molecule has 0 bridgehead atoms. The monoisotopic (exact) mass is 272 g/mol. The summed E-state index contributed by atoms with van der Waals surface area (Å²) in [4.78, 5) is 14.9. The van der Waals surface area contributed by atoms with E-state index in [2.05, 4.69) is 4.99 Å². The number of aliphatic imine (C=N–C) groups is 1. The van der Waals surface area contributed by atoms with Crippen LogP contribution >= 0.6 is 0 Å². The van der Waals surface area contributed by atoms with E-state index in [-0.39, 0.29) is 31.5 Å². The number of rotatable bonds is 2. The molecule has 2 rings (SSSR count). The predicted octanol–water partition coefficient (Wildman–Crippen LogP) is 0.716. The molecule has 15 heavy (non-hydrogen) atoms. The Hall–Kier alpha value is -1.19. The van der Waals surface area contributed by atoms with Crippen molar-refractivity contribution in [1.82, 2.24) is 0 Å². The first kappa shape index (κ1) is 10.3. The van der Waals surface area contributed by atoms with E-state index in [0.29, 0.717) is 11.2 Å². The zero-order valence-electron chi connectivity index (χ0n) is 7.81. The first-order valence-electron chi connectivity index (χ1n) is 4.44. The van der Waals surface area contributed by atoms with Crippen molar-refractivity contribution in [3.05, 3.63) is 35.6 Å². The SMILES string of the molecule is NC1=NC(=O)C(Cc2ccc(F)cc2)[Se]1. The van der Waals surface area contributed by atoms with E-state index >= 15 is 0 Å². The second-order valence-corrected chi connectivity index (χ2v) is 5.79. The third-order valence-corrected chi connectivity index (χ3v) is 4.16. The number of hydrogen-bond donors (Lipinski definition) is 1. The molecule has 1 atom stereocenters. The number of amides is 1. The van der Waals surface area contributed by atoms with Crippen molar-refractivity contribution in [2.45, 2.75) is 11.2 Å². The summed E-state index contributed by atoms with van der Waals surface area (Å²) in [6, 6.07) is 6.17. The van der Waals surface area contributed by atoms with Crippen LogP contribution in [0.4, 0.5) is 4.39 Å². The van der Waals surface area contributed by atoms with Gasteiger partial charge in [-0.15, -0.1) is 0 Å². The van der Waals surface area contributed by atoms with Crippen LogP contribution in [0.2, 0.25) is 4.82 Å². The second-order valence-electron chi connectivity index (χ2n) is 3.23. The Morgan fingerprint density at radius 1 is 1.40 bits per heavy atom. The molecule has 0 radical (unpaired) electrons. The van der Waals surface area contributed by atoms with Gasteiger partial charge in [0.15, 0.2) is 0 Å². The summed E-state index contributed by atoms with van der Waals surface area (Å²) >= 11 is -0.0501.